The predicted octanol–water partition coefficient (Wildman–Crippen LogP) is 3.07. The summed E-state index contributed by atoms with van der Waals surface area (Å²) >= 11 is 0. The molecular weight excluding hydrogens is 266 g/mol. The number of rotatable bonds is 4. The van der Waals surface area contributed by atoms with Crippen LogP contribution in [0.1, 0.15) is 54.4 Å². The van der Waals surface area contributed by atoms with Crippen molar-refractivity contribution in [3.63, 3.8) is 0 Å². The first-order valence-electron chi connectivity index (χ1n) is 7.69. The van der Waals surface area contributed by atoms with E-state index in [0.717, 1.165) is 36.8 Å². The molecule has 0 aromatic heterocycles. The van der Waals surface area contributed by atoms with Crippen molar-refractivity contribution in [1.82, 2.24) is 4.90 Å². The quantitative estimate of drug-likeness (QED) is 0.926. The molecule has 1 saturated carbocycles. The van der Waals surface area contributed by atoms with Gasteiger partial charge in [-0.3, -0.25) is 9.59 Å². The Balaban J connectivity index is 1.78. The highest BCUT2D eigenvalue weighted by Gasteiger charge is 2.39. The lowest BCUT2D eigenvalue weighted by atomic mass is 9.71. The maximum Gasteiger partial charge on any atom is 0.303 e. The first-order chi connectivity index (χ1) is 10.1. The smallest absolute Gasteiger partial charge is 0.303 e. The van der Waals surface area contributed by atoms with Crippen LogP contribution in [0.3, 0.4) is 0 Å². The topological polar surface area (TPSA) is 57.6 Å². The number of aliphatic carboxylic acids is 1. The molecule has 1 fully saturated rings. The molecule has 112 valence electrons. The zero-order chi connectivity index (χ0) is 14.9. The van der Waals surface area contributed by atoms with Gasteiger partial charge in [-0.15, -0.1) is 0 Å². The van der Waals surface area contributed by atoms with Crippen LogP contribution >= 0.6 is 0 Å². The van der Waals surface area contributed by atoms with Gasteiger partial charge in [0, 0.05) is 18.7 Å². The maximum absolute atomic E-state index is 12.5. The van der Waals surface area contributed by atoms with Gasteiger partial charge in [0.05, 0.1) is 6.42 Å². The van der Waals surface area contributed by atoms with E-state index in [1.165, 1.54) is 6.42 Å². The standard InChI is InChI=1S/C17H21NO3/c19-15(20)10-17(8-4-1-5-9-17)12-18-11-13-6-2-3-7-14(13)16(18)21/h2-3,6-7H,1,4-5,8-12H2,(H,19,20). The molecule has 4 heteroatoms. The Morgan fingerprint density at radius 2 is 1.90 bits per heavy atom. The molecule has 3 rings (SSSR count). The summed E-state index contributed by atoms with van der Waals surface area (Å²) in [6.45, 7) is 1.20. The van der Waals surface area contributed by atoms with Gasteiger partial charge in [0.2, 0.25) is 0 Å². The Hall–Kier alpha value is -1.84. The van der Waals surface area contributed by atoms with Crippen molar-refractivity contribution >= 4 is 11.9 Å². The number of benzene rings is 1. The Labute approximate surface area is 124 Å². The minimum atomic E-state index is -0.749. The van der Waals surface area contributed by atoms with Gasteiger partial charge in [0.15, 0.2) is 0 Å². The van der Waals surface area contributed by atoms with Crippen LogP contribution in [0.2, 0.25) is 0 Å². The van der Waals surface area contributed by atoms with Crippen LogP contribution < -0.4 is 0 Å². The monoisotopic (exact) mass is 287 g/mol. The van der Waals surface area contributed by atoms with Crippen molar-refractivity contribution in [3.8, 4) is 0 Å². The van der Waals surface area contributed by atoms with E-state index in [-0.39, 0.29) is 17.7 Å². The van der Waals surface area contributed by atoms with E-state index >= 15 is 0 Å². The van der Waals surface area contributed by atoms with Crippen LogP contribution in [0.25, 0.3) is 0 Å². The second-order valence-corrected chi connectivity index (χ2v) is 6.45. The molecular formula is C17H21NO3. The molecule has 21 heavy (non-hydrogen) atoms. The van der Waals surface area contributed by atoms with Crippen molar-refractivity contribution in [1.29, 1.82) is 0 Å². The van der Waals surface area contributed by atoms with Crippen molar-refractivity contribution in [2.24, 2.45) is 5.41 Å². The van der Waals surface area contributed by atoms with Crippen LogP contribution in [0.15, 0.2) is 24.3 Å². The zero-order valence-corrected chi connectivity index (χ0v) is 12.2. The average molecular weight is 287 g/mol. The second kappa shape index (κ2) is 5.51. The summed E-state index contributed by atoms with van der Waals surface area (Å²) < 4.78 is 0. The summed E-state index contributed by atoms with van der Waals surface area (Å²) in [4.78, 5) is 25.6. The zero-order valence-electron chi connectivity index (χ0n) is 12.2. The van der Waals surface area contributed by atoms with Gasteiger partial charge in [-0.2, -0.15) is 0 Å². The summed E-state index contributed by atoms with van der Waals surface area (Å²) in [5.41, 5.74) is 1.60. The van der Waals surface area contributed by atoms with Crippen molar-refractivity contribution in [2.75, 3.05) is 6.54 Å². The molecule has 4 nitrogen and oxygen atoms in total. The van der Waals surface area contributed by atoms with Crippen LogP contribution in [-0.2, 0) is 11.3 Å². The molecule has 1 heterocycles. The molecule has 1 aromatic rings. The lowest BCUT2D eigenvalue weighted by Gasteiger charge is -2.39. The molecule has 0 unspecified atom stereocenters. The number of carboxylic acids is 1. The SMILES string of the molecule is O=C(O)CC1(CN2Cc3ccccc3C2=O)CCCCC1. The highest BCUT2D eigenvalue weighted by Crippen LogP contribution is 2.41. The molecule has 1 aromatic carbocycles. The second-order valence-electron chi connectivity index (χ2n) is 6.45. The van der Waals surface area contributed by atoms with E-state index in [4.69, 9.17) is 0 Å². The molecule has 0 atom stereocenters. The summed E-state index contributed by atoms with van der Waals surface area (Å²) in [6, 6.07) is 7.68. The minimum absolute atomic E-state index is 0.0564. The third kappa shape index (κ3) is 2.80. The summed E-state index contributed by atoms with van der Waals surface area (Å²) in [5.74, 6) is -0.693. The lowest BCUT2D eigenvalue weighted by molar-refractivity contribution is -0.140. The maximum atomic E-state index is 12.5. The summed E-state index contributed by atoms with van der Waals surface area (Å²) in [5, 5.41) is 9.24. The van der Waals surface area contributed by atoms with Gasteiger partial charge < -0.3 is 10.0 Å². The molecule has 0 bridgehead atoms. The number of carbonyl (C=O) groups excluding carboxylic acids is 1. The van der Waals surface area contributed by atoms with Crippen molar-refractivity contribution in [2.45, 2.75) is 45.1 Å². The van der Waals surface area contributed by atoms with E-state index in [2.05, 4.69) is 0 Å². The highest BCUT2D eigenvalue weighted by atomic mass is 16.4. The highest BCUT2D eigenvalue weighted by molar-refractivity contribution is 5.98. The number of carboxylic acid groups (broad SMARTS) is 1. The Morgan fingerprint density at radius 3 is 2.57 bits per heavy atom. The number of hydrogen-bond acceptors (Lipinski definition) is 2. The fourth-order valence-electron chi connectivity index (χ4n) is 3.86. The third-order valence-corrected chi connectivity index (χ3v) is 4.86. The number of hydrogen-bond donors (Lipinski definition) is 1. The largest absolute Gasteiger partial charge is 0.481 e. The Morgan fingerprint density at radius 1 is 1.19 bits per heavy atom. The first-order valence-corrected chi connectivity index (χ1v) is 7.69. The molecule has 0 saturated heterocycles. The molecule has 1 aliphatic heterocycles. The molecule has 1 amide bonds. The van der Waals surface area contributed by atoms with Crippen LogP contribution in [0.4, 0.5) is 0 Å². The van der Waals surface area contributed by atoms with Gasteiger partial charge in [0.1, 0.15) is 0 Å². The van der Waals surface area contributed by atoms with E-state index < -0.39 is 5.97 Å². The molecule has 2 aliphatic rings. The minimum Gasteiger partial charge on any atom is -0.481 e. The normalized spacial score (nSPS) is 20.4. The number of fused-ring (bicyclic) bond motifs is 1. The van der Waals surface area contributed by atoms with Gasteiger partial charge in [0.25, 0.3) is 5.91 Å². The first kappa shape index (κ1) is 14.1. The van der Waals surface area contributed by atoms with Crippen LogP contribution in [-0.4, -0.2) is 28.4 Å². The van der Waals surface area contributed by atoms with E-state index in [1.54, 1.807) is 0 Å². The number of nitrogens with zero attached hydrogens (tertiary/aromatic N) is 1. The summed E-state index contributed by atoms with van der Waals surface area (Å²) in [7, 11) is 0. The number of carbonyl (C=O) groups is 2. The van der Waals surface area contributed by atoms with Crippen molar-refractivity contribution < 1.29 is 14.7 Å². The van der Waals surface area contributed by atoms with Gasteiger partial charge in [-0.1, -0.05) is 37.5 Å². The molecule has 1 N–H and O–H groups in total. The van der Waals surface area contributed by atoms with Crippen LogP contribution in [0, 0.1) is 5.41 Å². The average Bonchev–Trinajstić information content (AvgIpc) is 2.76. The van der Waals surface area contributed by atoms with Gasteiger partial charge in [-0.25, -0.2) is 0 Å². The lowest BCUT2D eigenvalue weighted by Crippen LogP contribution is -2.40. The summed E-state index contributed by atoms with van der Waals surface area (Å²) in [6.07, 6.45) is 5.33. The molecule has 1 aliphatic carbocycles. The van der Waals surface area contributed by atoms with Gasteiger partial charge in [-0.05, 0) is 29.9 Å². The predicted molar refractivity (Wildman–Crippen MR) is 79.0 cm³/mol. The van der Waals surface area contributed by atoms with E-state index in [1.807, 2.05) is 29.2 Å². The fraction of sp³-hybridized carbons (Fsp3) is 0.529. The van der Waals surface area contributed by atoms with Crippen LogP contribution in [0.5, 0.6) is 0 Å². The van der Waals surface area contributed by atoms with Gasteiger partial charge >= 0.3 is 5.97 Å². The van der Waals surface area contributed by atoms with E-state index in [0.29, 0.717) is 13.1 Å². The Bertz CT molecular complexity index is 561. The number of amides is 1. The van der Waals surface area contributed by atoms with Crippen molar-refractivity contribution in [3.05, 3.63) is 35.4 Å². The molecule has 0 spiro atoms. The third-order valence-electron chi connectivity index (χ3n) is 4.86. The fourth-order valence-corrected chi connectivity index (χ4v) is 3.86. The molecule has 0 radical (unpaired) electrons. The van der Waals surface area contributed by atoms with E-state index in [9.17, 15) is 14.7 Å². The Kier molecular flexibility index (Phi) is 3.70.